The fraction of sp³-hybridized carbons (Fsp3) is 1.00. The molecule has 3 heteroatoms. The normalized spacial score (nSPS) is 34.3. The van der Waals surface area contributed by atoms with Crippen molar-refractivity contribution in [3.63, 3.8) is 0 Å². The zero-order valence-electron chi connectivity index (χ0n) is 3.97. The smallest absolute Gasteiger partial charge is 0.120 e. The van der Waals surface area contributed by atoms with E-state index in [1.54, 1.807) is 0 Å². The Morgan fingerprint density at radius 1 is 1.71 bits per heavy atom. The van der Waals surface area contributed by atoms with E-state index in [2.05, 4.69) is 0 Å². The predicted octanol–water partition coefficient (Wildman–Crippen LogP) is 0.554. The summed E-state index contributed by atoms with van der Waals surface area (Å²) in [7, 11) is 0. The van der Waals surface area contributed by atoms with Crippen molar-refractivity contribution < 1.29 is 5.11 Å². The molecule has 0 aromatic rings. The summed E-state index contributed by atoms with van der Waals surface area (Å²) in [5.41, 5.74) is 0. The minimum absolute atomic E-state index is 0.387. The molecule has 1 heterocycles. The largest absolute Gasteiger partial charge is 0.377 e. The molecule has 42 valence electrons. The Bertz CT molecular complexity index is 60.7. The molecule has 1 saturated heterocycles. The van der Waals surface area contributed by atoms with Crippen molar-refractivity contribution in [2.45, 2.75) is 19.1 Å². The Morgan fingerprint density at radius 3 is 2.57 bits per heavy atom. The summed E-state index contributed by atoms with van der Waals surface area (Å²) in [5, 5.41) is 8.79. The number of hydrogen-bond donors (Lipinski definition) is 1. The molecule has 0 unspecified atom stereocenters. The first-order chi connectivity index (χ1) is 3.30. The van der Waals surface area contributed by atoms with Crippen molar-refractivity contribution in [3.8, 4) is 0 Å². The van der Waals surface area contributed by atoms with Crippen LogP contribution in [0.4, 0.5) is 0 Å². The molecular formula is C4H8ClNO. The highest BCUT2D eigenvalue weighted by atomic mass is 35.5. The maximum atomic E-state index is 8.79. The molecule has 1 aliphatic rings. The molecule has 0 spiro atoms. The average Bonchev–Trinajstić information content (AvgIpc) is 1.91. The molecule has 0 aromatic heterocycles. The maximum absolute atomic E-state index is 8.79. The van der Waals surface area contributed by atoms with Crippen LogP contribution in [0.2, 0.25) is 0 Å². The van der Waals surface area contributed by atoms with E-state index in [4.69, 9.17) is 16.9 Å². The first-order valence-electron chi connectivity index (χ1n) is 2.41. The van der Waals surface area contributed by atoms with Gasteiger partial charge >= 0.3 is 0 Å². The third-order valence-corrected chi connectivity index (χ3v) is 1.55. The zero-order valence-corrected chi connectivity index (χ0v) is 4.73. The van der Waals surface area contributed by atoms with Crippen molar-refractivity contribution >= 4 is 11.8 Å². The summed E-state index contributed by atoms with van der Waals surface area (Å²) in [5.74, 6) is 0. The van der Waals surface area contributed by atoms with Gasteiger partial charge < -0.3 is 5.11 Å². The third kappa shape index (κ3) is 1.06. The lowest BCUT2D eigenvalue weighted by Gasteiger charge is -2.07. The second kappa shape index (κ2) is 1.99. The van der Waals surface area contributed by atoms with Crippen LogP contribution in [0.5, 0.6) is 0 Å². The number of aliphatic hydroxyl groups excluding tert-OH is 1. The molecule has 1 fully saturated rings. The van der Waals surface area contributed by atoms with Gasteiger partial charge in [-0.2, -0.15) is 4.42 Å². The van der Waals surface area contributed by atoms with E-state index in [9.17, 15) is 0 Å². The van der Waals surface area contributed by atoms with Crippen molar-refractivity contribution in [1.82, 2.24) is 4.42 Å². The first-order valence-corrected chi connectivity index (χ1v) is 2.75. The van der Waals surface area contributed by atoms with Crippen LogP contribution in [0, 0.1) is 0 Å². The van der Waals surface area contributed by atoms with Crippen LogP contribution < -0.4 is 0 Å². The lowest BCUT2D eigenvalue weighted by atomic mass is 10.4. The van der Waals surface area contributed by atoms with Gasteiger partial charge in [0.25, 0.3) is 0 Å². The van der Waals surface area contributed by atoms with Crippen LogP contribution in [0.25, 0.3) is 0 Å². The van der Waals surface area contributed by atoms with Crippen LogP contribution in [-0.2, 0) is 0 Å². The number of nitrogens with zero attached hydrogens (tertiary/aromatic N) is 1. The lowest BCUT2D eigenvalue weighted by molar-refractivity contribution is 0.0970. The number of hydrogen-bond acceptors (Lipinski definition) is 2. The van der Waals surface area contributed by atoms with Gasteiger partial charge in [-0.15, -0.1) is 0 Å². The number of halogens is 1. The summed E-state index contributed by atoms with van der Waals surface area (Å²) >= 11 is 5.45. The fourth-order valence-corrected chi connectivity index (χ4v) is 0.931. The van der Waals surface area contributed by atoms with Crippen molar-refractivity contribution in [2.75, 3.05) is 6.54 Å². The SMILES string of the molecule is O[C@@H]1CCCN1Cl. The molecule has 1 atom stereocenters. The van der Waals surface area contributed by atoms with Gasteiger partial charge in [0.05, 0.1) is 0 Å². The Morgan fingerprint density at radius 2 is 2.43 bits per heavy atom. The zero-order chi connectivity index (χ0) is 5.28. The highest BCUT2D eigenvalue weighted by Crippen LogP contribution is 2.15. The van der Waals surface area contributed by atoms with E-state index in [1.807, 2.05) is 0 Å². The third-order valence-electron chi connectivity index (χ3n) is 1.16. The van der Waals surface area contributed by atoms with E-state index in [1.165, 1.54) is 4.42 Å². The first kappa shape index (κ1) is 5.35. The van der Waals surface area contributed by atoms with Crippen LogP contribution in [0.15, 0.2) is 0 Å². The Kier molecular flexibility index (Phi) is 1.52. The van der Waals surface area contributed by atoms with Gasteiger partial charge in [-0.05, 0) is 24.6 Å². The van der Waals surface area contributed by atoms with Crippen LogP contribution in [0.3, 0.4) is 0 Å². The van der Waals surface area contributed by atoms with E-state index in [0.29, 0.717) is 0 Å². The second-order valence-electron chi connectivity index (χ2n) is 1.75. The van der Waals surface area contributed by atoms with Gasteiger partial charge in [0.15, 0.2) is 0 Å². The maximum Gasteiger partial charge on any atom is 0.120 e. The van der Waals surface area contributed by atoms with Crippen molar-refractivity contribution in [1.29, 1.82) is 0 Å². The second-order valence-corrected chi connectivity index (χ2v) is 2.18. The molecule has 0 aromatic carbocycles. The molecule has 1 aliphatic heterocycles. The van der Waals surface area contributed by atoms with Crippen LogP contribution >= 0.6 is 11.8 Å². The highest BCUT2D eigenvalue weighted by Gasteiger charge is 2.18. The minimum atomic E-state index is -0.387. The van der Waals surface area contributed by atoms with E-state index in [0.717, 1.165) is 19.4 Å². The van der Waals surface area contributed by atoms with Gasteiger partial charge in [-0.1, -0.05) is 0 Å². The summed E-state index contributed by atoms with van der Waals surface area (Å²) in [6.07, 6.45) is 1.45. The molecule has 7 heavy (non-hydrogen) atoms. The Hall–Kier alpha value is 0.210. The molecule has 0 amide bonds. The highest BCUT2D eigenvalue weighted by molar-refractivity contribution is 6.13. The molecule has 1 rings (SSSR count). The summed E-state index contributed by atoms with van der Waals surface area (Å²) in [6.45, 7) is 0.822. The Balaban J connectivity index is 2.33. The molecule has 2 nitrogen and oxygen atoms in total. The molecule has 1 N–H and O–H groups in total. The van der Waals surface area contributed by atoms with E-state index in [-0.39, 0.29) is 6.23 Å². The van der Waals surface area contributed by atoms with E-state index < -0.39 is 0 Å². The van der Waals surface area contributed by atoms with Gasteiger partial charge in [0, 0.05) is 6.54 Å². The lowest BCUT2D eigenvalue weighted by Crippen LogP contribution is -2.17. The summed E-state index contributed by atoms with van der Waals surface area (Å²) < 4.78 is 1.43. The molecule has 0 saturated carbocycles. The van der Waals surface area contributed by atoms with Gasteiger partial charge in [-0.3, -0.25) is 0 Å². The van der Waals surface area contributed by atoms with Crippen molar-refractivity contribution in [3.05, 3.63) is 0 Å². The fourth-order valence-electron chi connectivity index (χ4n) is 0.714. The van der Waals surface area contributed by atoms with Gasteiger partial charge in [0.1, 0.15) is 6.23 Å². The van der Waals surface area contributed by atoms with Crippen LogP contribution in [0.1, 0.15) is 12.8 Å². The average molecular weight is 122 g/mol. The predicted molar refractivity (Wildman–Crippen MR) is 27.8 cm³/mol. The van der Waals surface area contributed by atoms with E-state index >= 15 is 0 Å². The summed E-state index contributed by atoms with van der Waals surface area (Å²) in [4.78, 5) is 0. The summed E-state index contributed by atoms with van der Waals surface area (Å²) in [6, 6.07) is 0. The topological polar surface area (TPSA) is 23.5 Å². The van der Waals surface area contributed by atoms with Crippen molar-refractivity contribution in [2.24, 2.45) is 0 Å². The quantitative estimate of drug-likeness (QED) is 0.474. The standard InChI is InChI=1S/C4H8ClNO/c5-6-3-1-2-4(6)7/h4,7H,1-3H2/t4-/m1/s1. The van der Waals surface area contributed by atoms with Gasteiger partial charge in [0.2, 0.25) is 0 Å². The molecule has 0 radical (unpaired) electrons. The van der Waals surface area contributed by atoms with Crippen LogP contribution in [-0.4, -0.2) is 22.3 Å². The molecular weight excluding hydrogens is 114 g/mol. The number of aliphatic hydroxyl groups is 1. The van der Waals surface area contributed by atoms with Gasteiger partial charge in [-0.25, -0.2) is 0 Å². The molecule has 0 aliphatic carbocycles. The monoisotopic (exact) mass is 121 g/mol. The Labute approximate surface area is 47.8 Å². The number of rotatable bonds is 0. The minimum Gasteiger partial charge on any atom is -0.377 e. The molecule has 0 bridgehead atoms.